The minimum atomic E-state index is -2.90. The fourth-order valence-electron chi connectivity index (χ4n) is 2.47. The number of hydrogen-bond acceptors (Lipinski definition) is 6. The zero-order chi connectivity index (χ0) is 20.1. The first-order chi connectivity index (χ1) is 13.5. The molecule has 3 aromatic rings. The average molecular weight is 405 g/mol. The molecule has 0 unspecified atom stereocenters. The van der Waals surface area contributed by atoms with Gasteiger partial charge in [0.25, 0.3) is 0 Å². The number of alkyl halides is 2. The maximum Gasteiger partial charge on any atom is 0.387 e. The van der Waals surface area contributed by atoms with Crippen molar-refractivity contribution in [3.05, 3.63) is 54.1 Å². The van der Waals surface area contributed by atoms with Gasteiger partial charge < -0.3 is 14.0 Å². The molecule has 0 atom stereocenters. The van der Waals surface area contributed by atoms with Gasteiger partial charge in [-0.2, -0.15) is 8.78 Å². The standard InChI is InChI=1S/C19H17F2N3O3S/c1-24-17(13-5-7-14(26-2)8-6-13)22-23-19(24)28-11-16(25)12-3-9-15(10-4-12)27-18(20)21/h3-10,18H,11H2,1-2H3. The summed E-state index contributed by atoms with van der Waals surface area (Å²) in [7, 11) is 3.42. The highest BCUT2D eigenvalue weighted by Crippen LogP contribution is 2.25. The Morgan fingerprint density at radius 1 is 1.07 bits per heavy atom. The summed E-state index contributed by atoms with van der Waals surface area (Å²) >= 11 is 1.25. The van der Waals surface area contributed by atoms with E-state index in [0.717, 1.165) is 11.3 Å². The van der Waals surface area contributed by atoms with Crippen LogP contribution >= 0.6 is 11.8 Å². The Labute approximate surface area is 164 Å². The van der Waals surface area contributed by atoms with E-state index >= 15 is 0 Å². The van der Waals surface area contributed by atoms with E-state index < -0.39 is 6.61 Å². The van der Waals surface area contributed by atoms with E-state index in [1.807, 2.05) is 31.3 Å². The second-order valence-corrected chi connectivity index (χ2v) is 6.65. The number of thioether (sulfide) groups is 1. The average Bonchev–Trinajstić information content (AvgIpc) is 3.06. The van der Waals surface area contributed by atoms with Crippen LogP contribution in [0.1, 0.15) is 10.4 Å². The van der Waals surface area contributed by atoms with E-state index in [1.54, 1.807) is 11.7 Å². The number of methoxy groups -OCH3 is 1. The first-order valence-electron chi connectivity index (χ1n) is 8.22. The molecule has 1 heterocycles. The third kappa shape index (κ3) is 4.66. The van der Waals surface area contributed by atoms with E-state index in [9.17, 15) is 13.6 Å². The van der Waals surface area contributed by atoms with Gasteiger partial charge in [0, 0.05) is 18.2 Å². The van der Waals surface area contributed by atoms with Crippen molar-refractivity contribution in [2.24, 2.45) is 7.05 Å². The Balaban J connectivity index is 1.64. The summed E-state index contributed by atoms with van der Waals surface area (Å²) in [6.07, 6.45) is 0. The van der Waals surface area contributed by atoms with Crippen molar-refractivity contribution < 1.29 is 23.0 Å². The van der Waals surface area contributed by atoms with Gasteiger partial charge in [-0.1, -0.05) is 11.8 Å². The summed E-state index contributed by atoms with van der Waals surface area (Å²) < 4.78 is 35.6. The predicted octanol–water partition coefficient (Wildman–Crippen LogP) is 4.07. The molecule has 0 aliphatic rings. The molecule has 0 N–H and O–H groups in total. The Bertz CT molecular complexity index is 944. The number of ketones is 1. The first kappa shape index (κ1) is 19.8. The lowest BCUT2D eigenvalue weighted by Gasteiger charge is -2.06. The molecule has 9 heteroatoms. The number of hydrogen-bond donors (Lipinski definition) is 0. The Morgan fingerprint density at radius 3 is 2.32 bits per heavy atom. The Hall–Kier alpha value is -2.94. The minimum absolute atomic E-state index is 0.0108. The molecule has 6 nitrogen and oxygen atoms in total. The fourth-order valence-corrected chi connectivity index (χ4v) is 3.27. The smallest absolute Gasteiger partial charge is 0.387 e. The van der Waals surface area contributed by atoms with Gasteiger partial charge in [-0.05, 0) is 48.5 Å². The Kier molecular flexibility index (Phi) is 6.25. The maximum atomic E-state index is 12.3. The second-order valence-electron chi connectivity index (χ2n) is 5.71. The molecule has 0 radical (unpaired) electrons. The van der Waals surface area contributed by atoms with Crippen LogP contribution in [0.3, 0.4) is 0 Å². The molecule has 0 fully saturated rings. The summed E-state index contributed by atoms with van der Waals surface area (Å²) in [6.45, 7) is -2.90. The van der Waals surface area contributed by atoms with Crippen molar-refractivity contribution in [2.75, 3.05) is 12.9 Å². The van der Waals surface area contributed by atoms with Crippen molar-refractivity contribution in [1.29, 1.82) is 0 Å². The molecule has 0 aliphatic carbocycles. The number of carbonyl (C=O) groups excluding carboxylic acids is 1. The van der Waals surface area contributed by atoms with Crippen LogP contribution in [-0.4, -0.2) is 40.0 Å². The number of ether oxygens (including phenoxy) is 2. The van der Waals surface area contributed by atoms with Gasteiger partial charge in [0.1, 0.15) is 11.5 Å². The van der Waals surface area contributed by atoms with Crippen LogP contribution in [0.15, 0.2) is 53.7 Å². The monoisotopic (exact) mass is 405 g/mol. The molecule has 0 spiro atoms. The highest BCUT2D eigenvalue weighted by atomic mass is 32.2. The van der Waals surface area contributed by atoms with Crippen molar-refractivity contribution in [2.45, 2.75) is 11.8 Å². The highest BCUT2D eigenvalue weighted by molar-refractivity contribution is 7.99. The predicted molar refractivity (Wildman–Crippen MR) is 101 cm³/mol. The molecule has 0 saturated heterocycles. The Morgan fingerprint density at radius 2 is 1.71 bits per heavy atom. The van der Waals surface area contributed by atoms with Gasteiger partial charge in [0.2, 0.25) is 0 Å². The largest absolute Gasteiger partial charge is 0.497 e. The van der Waals surface area contributed by atoms with Crippen LogP contribution < -0.4 is 9.47 Å². The lowest BCUT2D eigenvalue weighted by Crippen LogP contribution is -2.05. The number of benzene rings is 2. The SMILES string of the molecule is COc1ccc(-c2nnc(SCC(=O)c3ccc(OC(F)F)cc3)n2C)cc1. The van der Waals surface area contributed by atoms with Crippen molar-refractivity contribution in [1.82, 2.24) is 14.8 Å². The van der Waals surface area contributed by atoms with Gasteiger partial charge in [-0.15, -0.1) is 10.2 Å². The third-order valence-electron chi connectivity index (χ3n) is 3.92. The summed E-state index contributed by atoms with van der Waals surface area (Å²) in [5.74, 6) is 1.42. The van der Waals surface area contributed by atoms with E-state index in [4.69, 9.17) is 4.74 Å². The molecule has 0 saturated carbocycles. The number of Topliss-reactive ketones (excluding diaryl/α,β-unsaturated/α-hetero) is 1. The molecule has 1 aromatic heterocycles. The van der Waals surface area contributed by atoms with E-state index in [1.165, 1.54) is 36.0 Å². The number of aromatic nitrogens is 3. The molecule has 3 rings (SSSR count). The van der Waals surface area contributed by atoms with Gasteiger partial charge in [-0.25, -0.2) is 0 Å². The molecule has 0 bridgehead atoms. The van der Waals surface area contributed by atoms with Crippen LogP contribution in [-0.2, 0) is 7.05 Å². The van der Waals surface area contributed by atoms with E-state index in [0.29, 0.717) is 16.5 Å². The second kappa shape index (κ2) is 8.83. The minimum Gasteiger partial charge on any atom is -0.497 e. The fraction of sp³-hybridized carbons (Fsp3) is 0.211. The molecular weight excluding hydrogens is 388 g/mol. The van der Waals surface area contributed by atoms with Crippen LogP contribution in [0.4, 0.5) is 8.78 Å². The normalized spacial score (nSPS) is 10.9. The van der Waals surface area contributed by atoms with Crippen LogP contribution in [0, 0.1) is 0 Å². The van der Waals surface area contributed by atoms with Gasteiger partial charge >= 0.3 is 6.61 Å². The van der Waals surface area contributed by atoms with Crippen molar-refractivity contribution in [3.63, 3.8) is 0 Å². The summed E-state index contributed by atoms with van der Waals surface area (Å²) in [5, 5.41) is 8.91. The van der Waals surface area contributed by atoms with Gasteiger partial charge in [0.05, 0.1) is 12.9 Å². The van der Waals surface area contributed by atoms with Crippen molar-refractivity contribution >= 4 is 17.5 Å². The van der Waals surface area contributed by atoms with Crippen LogP contribution in [0.25, 0.3) is 11.4 Å². The molecule has 0 amide bonds. The maximum absolute atomic E-state index is 12.3. The van der Waals surface area contributed by atoms with Crippen LogP contribution in [0.5, 0.6) is 11.5 Å². The van der Waals surface area contributed by atoms with Crippen LogP contribution in [0.2, 0.25) is 0 Å². The van der Waals surface area contributed by atoms with E-state index in [2.05, 4.69) is 14.9 Å². The van der Waals surface area contributed by atoms with Gasteiger partial charge in [0.15, 0.2) is 16.8 Å². The van der Waals surface area contributed by atoms with E-state index in [-0.39, 0.29) is 17.3 Å². The topological polar surface area (TPSA) is 66.2 Å². The number of nitrogens with zero attached hydrogens (tertiary/aromatic N) is 3. The third-order valence-corrected chi connectivity index (χ3v) is 4.94. The summed E-state index contributed by atoms with van der Waals surface area (Å²) in [5.41, 5.74) is 1.29. The molecule has 146 valence electrons. The molecule has 2 aromatic carbocycles. The molecule has 28 heavy (non-hydrogen) atoms. The highest BCUT2D eigenvalue weighted by Gasteiger charge is 2.14. The zero-order valence-corrected chi connectivity index (χ0v) is 16.0. The number of rotatable bonds is 8. The quantitative estimate of drug-likeness (QED) is 0.416. The lowest BCUT2D eigenvalue weighted by atomic mass is 10.1. The van der Waals surface area contributed by atoms with Gasteiger partial charge in [-0.3, -0.25) is 4.79 Å². The number of halogens is 2. The molecular formula is C19H17F2N3O3S. The first-order valence-corrected chi connectivity index (χ1v) is 9.21. The number of carbonyl (C=O) groups is 1. The lowest BCUT2D eigenvalue weighted by molar-refractivity contribution is -0.0498. The summed E-state index contributed by atoms with van der Waals surface area (Å²) in [6, 6.07) is 13.0. The summed E-state index contributed by atoms with van der Waals surface area (Å²) in [4.78, 5) is 12.3. The van der Waals surface area contributed by atoms with Crippen molar-refractivity contribution in [3.8, 4) is 22.9 Å². The zero-order valence-electron chi connectivity index (χ0n) is 15.1. The molecule has 0 aliphatic heterocycles.